The van der Waals surface area contributed by atoms with E-state index in [2.05, 4.69) is 20.2 Å². The summed E-state index contributed by atoms with van der Waals surface area (Å²) in [6.45, 7) is 11.1. The van der Waals surface area contributed by atoms with Crippen molar-refractivity contribution >= 4 is 56.6 Å². The molecule has 0 spiro atoms. The fourth-order valence-corrected chi connectivity index (χ4v) is 8.64. The summed E-state index contributed by atoms with van der Waals surface area (Å²) in [5.74, 6) is -7.01. The minimum absolute atomic E-state index is 0.0357. The first-order chi connectivity index (χ1) is 34.2. The van der Waals surface area contributed by atoms with Gasteiger partial charge in [-0.2, -0.15) is 0 Å². The number of Topliss-reactive ketones (excluding diaryl/α,β-unsaturated/α-hetero) is 1. The first-order valence-electron chi connectivity index (χ1n) is 22.8. The van der Waals surface area contributed by atoms with Crippen LogP contribution in [0.15, 0.2) is 88.3 Å². The van der Waals surface area contributed by atoms with Gasteiger partial charge < -0.3 is 34.0 Å². The number of ether oxygens (including phenoxy) is 4. The number of carbonyl (C=O) groups excluding carboxylic acids is 5. The van der Waals surface area contributed by atoms with Gasteiger partial charge in [0.2, 0.25) is 17.4 Å². The lowest BCUT2D eigenvalue weighted by molar-refractivity contribution is -0.179. The minimum Gasteiger partial charge on any atom is -0.485 e. The first-order valence-corrected chi connectivity index (χ1v) is 25.3. The number of likely N-dealkylation sites (tertiary alicyclic amines) is 1. The number of nitrogens with zero attached hydrogens (tertiary/aromatic N) is 7. The molecule has 2 amide bonds. The molecule has 3 aromatic heterocycles. The average molecular weight is 1050 g/mol. The third-order valence-electron chi connectivity index (χ3n) is 10.3. The molecule has 1 unspecified atom stereocenters. The maximum atomic E-state index is 13.9. The van der Waals surface area contributed by atoms with Crippen LogP contribution in [0.25, 0.3) is 11.5 Å². The number of hydrogen-bond donors (Lipinski definition) is 2. The van der Waals surface area contributed by atoms with Crippen molar-refractivity contribution in [3.05, 3.63) is 111 Å². The van der Waals surface area contributed by atoms with E-state index in [9.17, 15) is 47.4 Å². The molecule has 390 valence electrons. The van der Waals surface area contributed by atoms with Crippen molar-refractivity contribution in [1.82, 2.24) is 28.6 Å². The van der Waals surface area contributed by atoms with Crippen LogP contribution in [-0.4, -0.2) is 124 Å². The van der Waals surface area contributed by atoms with E-state index in [-0.39, 0.29) is 57.4 Å². The zero-order valence-corrected chi connectivity index (χ0v) is 43.1. The Kier molecular flexibility index (Phi) is 17.2. The van der Waals surface area contributed by atoms with E-state index < -0.39 is 112 Å². The number of carbonyl (C=O) groups is 5. The molecule has 2 atom stereocenters. The summed E-state index contributed by atoms with van der Waals surface area (Å²) in [6, 6.07) is 19.7. The number of aliphatic hydroxyl groups is 2. The van der Waals surface area contributed by atoms with Crippen LogP contribution >= 0.6 is 11.3 Å². The van der Waals surface area contributed by atoms with Crippen LogP contribution < -0.4 is 15.2 Å². The number of imide groups is 1. The van der Waals surface area contributed by atoms with Crippen molar-refractivity contribution in [2.75, 3.05) is 18.9 Å². The van der Waals surface area contributed by atoms with Gasteiger partial charge in [-0.15, -0.1) is 20.5 Å². The Morgan fingerprint density at radius 2 is 1.48 bits per heavy atom. The van der Waals surface area contributed by atoms with E-state index in [4.69, 9.17) is 23.8 Å². The van der Waals surface area contributed by atoms with Crippen molar-refractivity contribution in [3.8, 4) is 23.0 Å². The molecule has 6 rings (SSSR count). The molecule has 2 N–H and O–H groups in total. The van der Waals surface area contributed by atoms with Gasteiger partial charge in [0, 0.05) is 24.4 Å². The van der Waals surface area contributed by atoms with Crippen LogP contribution in [0.3, 0.4) is 0 Å². The highest BCUT2D eigenvalue weighted by atomic mass is 32.2. The Bertz CT molecular complexity index is 3030. The lowest BCUT2D eigenvalue weighted by Gasteiger charge is -2.36. The highest BCUT2D eigenvalue weighted by Crippen LogP contribution is 2.32. The molecule has 0 aliphatic carbocycles. The molecule has 5 aromatic rings. The molecule has 1 saturated heterocycles. The number of esters is 2. The number of pyridine rings is 1. The van der Waals surface area contributed by atoms with Gasteiger partial charge in [-0.1, -0.05) is 65.8 Å². The number of rotatable bonds is 22. The fraction of sp³-hybridized carbons (Fsp3) is 0.429. The number of thiazole rings is 1. The van der Waals surface area contributed by atoms with Crippen molar-refractivity contribution in [3.63, 3.8) is 0 Å². The summed E-state index contributed by atoms with van der Waals surface area (Å²) in [5, 5.41) is 29.8. The Labute approximate surface area is 424 Å². The second-order valence-electron chi connectivity index (χ2n) is 19.3. The predicted octanol–water partition coefficient (Wildman–Crippen LogP) is 3.62. The molecule has 4 heterocycles. The first kappa shape index (κ1) is 55.2. The van der Waals surface area contributed by atoms with Crippen molar-refractivity contribution in [1.29, 1.82) is 0 Å². The van der Waals surface area contributed by atoms with Crippen LogP contribution in [-0.2, 0) is 74.5 Å². The van der Waals surface area contributed by atoms with Crippen molar-refractivity contribution in [2.24, 2.45) is 11.1 Å². The number of ketones is 1. The van der Waals surface area contributed by atoms with Crippen LogP contribution in [0.4, 0.5) is 0 Å². The third-order valence-corrected chi connectivity index (χ3v) is 12.6. The maximum absolute atomic E-state index is 13.9. The number of benzene rings is 2. The SMILES string of the molecule is CC(C)(C)OC(=O)Cc1nc(/C(=N/OC(C)(C)C(=O)OC(C)(C)C)C(=O)C[C@H]2CN(C(=O)CS(=O)(=O)n3nc(-c4cc(OCc5ccccc5)c(OCc5ccccc5)cn4)n(CC(O)CO)c3=O)C2=O)cs1. The molecular weight excluding hydrogens is 991 g/mol. The van der Waals surface area contributed by atoms with E-state index in [1.165, 1.54) is 31.5 Å². The topological polar surface area (TPSA) is 287 Å². The summed E-state index contributed by atoms with van der Waals surface area (Å²) < 4.78 is 51.5. The maximum Gasteiger partial charge on any atom is 0.360 e. The molecule has 0 saturated carbocycles. The van der Waals surface area contributed by atoms with Gasteiger partial charge in [-0.25, -0.2) is 28.0 Å². The summed E-state index contributed by atoms with van der Waals surface area (Å²) in [7, 11) is -5.02. The largest absolute Gasteiger partial charge is 0.485 e. The number of amides is 2. The van der Waals surface area contributed by atoms with Crippen LogP contribution in [0, 0.1) is 5.92 Å². The van der Waals surface area contributed by atoms with Crippen LogP contribution in [0.5, 0.6) is 11.5 Å². The third kappa shape index (κ3) is 14.7. The molecule has 73 heavy (non-hydrogen) atoms. The Morgan fingerprint density at radius 1 is 0.877 bits per heavy atom. The minimum atomic E-state index is -5.02. The average Bonchev–Trinajstić information content (AvgIpc) is 3.91. The molecule has 1 aliphatic rings. The number of aliphatic hydroxyl groups excluding tert-OH is 2. The van der Waals surface area contributed by atoms with Gasteiger partial charge in [0.05, 0.1) is 37.8 Å². The predicted molar refractivity (Wildman–Crippen MR) is 263 cm³/mol. The van der Waals surface area contributed by atoms with Crippen LogP contribution in [0.1, 0.15) is 83.6 Å². The molecule has 0 bridgehead atoms. The van der Waals surface area contributed by atoms with Gasteiger partial charge in [-0.05, 0) is 66.5 Å². The Balaban J connectivity index is 1.21. The standard InChI is InChI=1S/C49H57N7O15S2/c1-47(2,3)69-41(61)21-39-51-35(28-72-39)42(53-71-49(7,8)45(63)70-48(4,5)6)36(59)19-32-23-54(44(32)62)40(60)29-73(65,66)56-46(64)55(24-33(58)25-57)43(52-56)34-20-37(67-26-30-15-11-9-12-16-30)38(22-50-34)68-27-31-17-13-10-14-18-31/h9-18,20,22,28,32-33,57-58H,19,21,23-27,29H2,1-8H3/b53-42-/t32-,33?/m0/s1. The van der Waals surface area contributed by atoms with Gasteiger partial charge >= 0.3 is 17.6 Å². The Hall–Kier alpha value is -7.15. The highest BCUT2D eigenvalue weighted by molar-refractivity contribution is 7.90. The van der Waals surface area contributed by atoms with E-state index in [1.54, 1.807) is 41.5 Å². The number of oxime groups is 1. The van der Waals surface area contributed by atoms with E-state index in [1.807, 2.05) is 60.7 Å². The lowest BCUT2D eigenvalue weighted by atomic mass is 9.91. The van der Waals surface area contributed by atoms with E-state index >= 15 is 0 Å². The molecule has 0 radical (unpaired) electrons. The van der Waals surface area contributed by atoms with Crippen molar-refractivity contribution < 1.29 is 66.4 Å². The zero-order valence-electron chi connectivity index (χ0n) is 41.5. The summed E-state index contributed by atoms with van der Waals surface area (Å²) >= 11 is 1.02. The molecule has 1 aliphatic heterocycles. The Morgan fingerprint density at radius 3 is 2.05 bits per heavy atom. The molecule has 22 nitrogen and oxygen atoms in total. The molecular formula is C49H57N7O15S2. The highest BCUT2D eigenvalue weighted by Gasteiger charge is 2.44. The molecule has 1 fully saturated rings. The normalized spacial score (nSPS) is 14.8. The van der Waals surface area contributed by atoms with Gasteiger partial charge in [0.25, 0.3) is 10.0 Å². The van der Waals surface area contributed by atoms with Crippen molar-refractivity contribution in [2.45, 2.75) is 111 Å². The second-order valence-corrected chi connectivity index (χ2v) is 22.1. The number of hydrogen-bond acceptors (Lipinski definition) is 20. The summed E-state index contributed by atoms with van der Waals surface area (Å²) in [4.78, 5) is 95.2. The van der Waals surface area contributed by atoms with Gasteiger partial charge in [0.1, 0.15) is 40.8 Å². The summed E-state index contributed by atoms with van der Waals surface area (Å²) in [6.07, 6.45) is -1.09. The quantitative estimate of drug-likeness (QED) is 0.0433. The number of aromatic nitrogens is 5. The zero-order chi connectivity index (χ0) is 53.5. The van der Waals surface area contributed by atoms with E-state index in [0.717, 1.165) is 27.0 Å². The lowest BCUT2D eigenvalue weighted by Crippen LogP contribution is -2.57. The second kappa shape index (κ2) is 22.7. The smallest absolute Gasteiger partial charge is 0.360 e. The molecule has 2 aromatic carbocycles. The summed E-state index contributed by atoms with van der Waals surface area (Å²) in [5.41, 5.74) is -3.66. The molecule has 24 heteroatoms. The van der Waals surface area contributed by atoms with Gasteiger partial charge in [0.15, 0.2) is 34.6 Å². The monoisotopic (exact) mass is 1050 g/mol. The van der Waals surface area contributed by atoms with E-state index in [0.29, 0.717) is 4.90 Å². The number of β-lactam (4-membered cyclic amide) rings is 1. The fourth-order valence-electron chi connectivity index (χ4n) is 6.75. The van der Waals surface area contributed by atoms with Gasteiger partial charge in [-0.3, -0.25) is 28.6 Å². The van der Waals surface area contributed by atoms with Crippen LogP contribution in [0.2, 0.25) is 0 Å².